The van der Waals surface area contributed by atoms with Crippen LogP contribution in [0.5, 0.6) is 0 Å². The van der Waals surface area contributed by atoms with Crippen molar-refractivity contribution in [2.75, 3.05) is 18.6 Å². The Morgan fingerprint density at radius 1 is 1.58 bits per heavy atom. The fourth-order valence-electron chi connectivity index (χ4n) is 0.625. The van der Waals surface area contributed by atoms with Crippen molar-refractivity contribution in [2.45, 2.75) is 25.8 Å². The summed E-state index contributed by atoms with van der Waals surface area (Å²) in [5, 5.41) is 2.58. The van der Waals surface area contributed by atoms with E-state index in [9.17, 15) is 4.79 Å². The van der Waals surface area contributed by atoms with Crippen molar-refractivity contribution < 1.29 is 4.79 Å². The Balaban J connectivity index is 3.28. The average molecular weight is 190 g/mol. The summed E-state index contributed by atoms with van der Waals surface area (Å²) < 4.78 is 0. The van der Waals surface area contributed by atoms with E-state index in [0.717, 1.165) is 11.5 Å². The third-order valence-corrected chi connectivity index (χ3v) is 2.67. The summed E-state index contributed by atoms with van der Waals surface area (Å²) in [4.78, 5) is 10.8. The molecule has 0 aliphatic rings. The first-order chi connectivity index (χ1) is 5.45. The predicted molar refractivity (Wildman–Crippen MR) is 54.3 cm³/mol. The highest BCUT2D eigenvalue weighted by molar-refractivity contribution is 7.99. The molecule has 0 saturated heterocycles. The SMILES string of the molecule is CNC(=O)CCSCC(C)(C)N. The Bertz CT molecular complexity index is 142. The average Bonchev–Trinajstić information content (AvgIpc) is 1.96. The highest BCUT2D eigenvalue weighted by atomic mass is 32.2. The lowest BCUT2D eigenvalue weighted by Gasteiger charge is -2.17. The standard InChI is InChI=1S/C8H18N2OS/c1-8(2,9)6-12-5-4-7(11)10-3/h4-6,9H2,1-3H3,(H,10,11). The molecular formula is C8H18N2OS. The van der Waals surface area contributed by atoms with Gasteiger partial charge in [-0.25, -0.2) is 0 Å². The molecule has 0 fully saturated rings. The van der Waals surface area contributed by atoms with Crippen molar-refractivity contribution in [2.24, 2.45) is 5.73 Å². The second kappa shape index (κ2) is 5.43. The quantitative estimate of drug-likeness (QED) is 0.624. The van der Waals surface area contributed by atoms with E-state index >= 15 is 0 Å². The molecule has 0 heterocycles. The lowest BCUT2D eigenvalue weighted by molar-refractivity contribution is -0.120. The van der Waals surface area contributed by atoms with E-state index in [1.54, 1.807) is 18.8 Å². The normalized spacial score (nSPS) is 11.3. The monoisotopic (exact) mass is 190 g/mol. The molecule has 0 spiro atoms. The van der Waals surface area contributed by atoms with Gasteiger partial charge in [-0.05, 0) is 13.8 Å². The van der Waals surface area contributed by atoms with Gasteiger partial charge >= 0.3 is 0 Å². The minimum Gasteiger partial charge on any atom is -0.359 e. The van der Waals surface area contributed by atoms with Crippen LogP contribution in [-0.4, -0.2) is 30.0 Å². The molecule has 0 aliphatic heterocycles. The summed E-state index contributed by atoms with van der Waals surface area (Å²) in [7, 11) is 1.65. The van der Waals surface area contributed by atoms with Crippen LogP contribution in [0, 0.1) is 0 Å². The van der Waals surface area contributed by atoms with Crippen molar-refractivity contribution in [1.29, 1.82) is 0 Å². The van der Waals surface area contributed by atoms with Crippen LogP contribution < -0.4 is 11.1 Å². The van der Waals surface area contributed by atoms with Gasteiger partial charge in [-0.1, -0.05) is 0 Å². The summed E-state index contributed by atoms with van der Waals surface area (Å²) in [5.74, 6) is 1.84. The molecule has 0 rings (SSSR count). The Kier molecular flexibility index (Phi) is 5.33. The van der Waals surface area contributed by atoms with Gasteiger partial charge < -0.3 is 11.1 Å². The van der Waals surface area contributed by atoms with Crippen LogP contribution in [0.15, 0.2) is 0 Å². The van der Waals surface area contributed by atoms with E-state index < -0.39 is 0 Å². The molecule has 0 aromatic rings. The van der Waals surface area contributed by atoms with Crippen LogP contribution in [0.1, 0.15) is 20.3 Å². The molecule has 0 atom stereocenters. The lowest BCUT2D eigenvalue weighted by atomic mass is 10.1. The van der Waals surface area contributed by atoms with Crippen molar-refractivity contribution in [1.82, 2.24) is 5.32 Å². The Morgan fingerprint density at radius 2 is 2.17 bits per heavy atom. The summed E-state index contributed by atoms with van der Waals surface area (Å²) in [6.07, 6.45) is 0.581. The van der Waals surface area contributed by atoms with E-state index in [0.29, 0.717) is 6.42 Å². The summed E-state index contributed by atoms with van der Waals surface area (Å²) >= 11 is 1.72. The van der Waals surface area contributed by atoms with Crippen molar-refractivity contribution in [3.63, 3.8) is 0 Å². The van der Waals surface area contributed by atoms with Crippen molar-refractivity contribution >= 4 is 17.7 Å². The molecule has 12 heavy (non-hydrogen) atoms. The third kappa shape index (κ3) is 7.88. The molecule has 0 aromatic heterocycles. The Morgan fingerprint density at radius 3 is 2.58 bits per heavy atom. The number of carbonyl (C=O) groups excluding carboxylic acids is 1. The number of hydrogen-bond donors (Lipinski definition) is 2. The van der Waals surface area contributed by atoms with Crippen LogP contribution in [0.2, 0.25) is 0 Å². The molecule has 0 aromatic carbocycles. The van der Waals surface area contributed by atoms with Crippen LogP contribution in [0.4, 0.5) is 0 Å². The first-order valence-electron chi connectivity index (χ1n) is 4.03. The van der Waals surface area contributed by atoms with Gasteiger partial charge in [0.2, 0.25) is 5.91 Å². The first kappa shape index (κ1) is 11.8. The maximum Gasteiger partial charge on any atom is 0.220 e. The van der Waals surface area contributed by atoms with E-state index in [1.807, 2.05) is 13.8 Å². The van der Waals surface area contributed by atoms with Gasteiger partial charge in [0, 0.05) is 30.5 Å². The molecule has 0 unspecified atom stereocenters. The second-order valence-electron chi connectivity index (χ2n) is 3.46. The largest absolute Gasteiger partial charge is 0.359 e. The van der Waals surface area contributed by atoms with Crippen molar-refractivity contribution in [3.8, 4) is 0 Å². The molecule has 4 heteroatoms. The van der Waals surface area contributed by atoms with Gasteiger partial charge in [0.15, 0.2) is 0 Å². The van der Waals surface area contributed by atoms with Crippen molar-refractivity contribution in [3.05, 3.63) is 0 Å². The molecule has 0 saturated carbocycles. The van der Waals surface area contributed by atoms with E-state index in [4.69, 9.17) is 5.73 Å². The summed E-state index contributed by atoms with van der Waals surface area (Å²) in [6, 6.07) is 0. The van der Waals surface area contributed by atoms with Gasteiger partial charge in [-0.15, -0.1) is 0 Å². The fraction of sp³-hybridized carbons (Fsp3) is 0.875. The topological polar surface area (TPSA) is 55.1 Å². The molecule has 72 valence electrons. The van der Waals surface area contributed by atoms with E-state index in [1.165, 1.54) is 0 Å². The highest BCUT2D eigenvalue weighted by Gasteiger charge is 2.10. The van der Waals surface area contributed by atoms with Gasteiger partial charge in [-0.2, -0.15) is 11.8 Å². The zero-order valence-corrected chi connectivity index (χ0v) is 8.83. The van der Waals surface area contributed by atoms with Gasteiger partial charge in [0.1, 0.15) is 0 Å². The molecule has 3 nitrogen and oxygen atoms in total. The number of nitrogens with one attached hydrogen (secondary N) is 1. The number of carbonyl (C=O) groups is 1. The molecule has 0 radical (unpaired) electrons. The summed E-state index contributed by atoms with van der Waals surface area (Å²) in [6.45, 7) is 3.97. The number of thioether (sulfide) groups is 1. The second-order valence-corrected chi connectivity index (χ2v) is 4.57. The summed E-state index contributed by atoms with van der Waals surface area (Å²) in [5.41, 5.74) is 5.63. The van der Waals surface area contributed by atoms with Crippen LogP contribution >= 0.6 is 11.8 Å². The number of hydrogen-bond acceptors (Lipinski definition) is 3. The van der Waals surface area contributed by atoms with Gasteiger partial charge in [0.25, 0.3) is 0 Å². The van der Waals surface area contributed by atoms with Crippen LogP contribution in [-0.2, 0) is 4.79 Å². The fourth-order valence-corrected chi connectivity index (χ4v) is 1.63. The number of nitrogens with two attached hydrogens (primary N) is 1. The van der Waals surface area contributed by atoms with E-state index in [-0.39, 0.29) is 11.4 Å². The van der Waals surface area contributed by atoms with Gasteiger partial charge in [-0.3, -0.25) is 4.79 Å². The number of rotatable bonds is 5. The smallest absolute Gasteiger partial charge is 0.220 e. The zero-order chi connectivity index (χ0) is 9.61. The zero-order valence-electron chi connectivity index (χ0n) is 8.02. The molecule has 3 N–H and O–H groups in total. The Hall–Kier alpha value is -0.220. The maximum absolute atomic E-state index is 10.8. The molecule has 0 bridgehead atoms. The van der Waals surface area contributed by atoms with Crippen LogP contribution in [0.3, 0.4) is 0 Å². The molecular weight excluding hydrogens is 172 g/mol. The lowest BCUT2D eigenvalue weighted by Crippen LogP contribution is -2.34. The Labute approximate surface area is 78.5 Å². The molecule has 1 amide bonds. The predicted octanol–water partition coefficient (Wildman–Crippen LogP) is 0.593. The van der Waals surface area contributed by atoms with Gasteiger partial charge in [0.05, 0.1) is 0 Å². The third-order valence-electron chi connectivity index (χ3n) is 1.23. The molecule has 0 aliphatic carbocycles. The first-order valence-corrected chi connectivity index (χ1v) is 5.18. The van der Waals surface area contributed by atoms with E-state index in [2.05, 4.69) is 5.32 Å². The number of amides is 1. The minimum atomic E-state index is -0.132. The maximum atomic E-state index is 10.8. The minimum absolute atomic E-state index is 0.0947. The highest BCUT2D eigenvalue weighted by Crippen LogP contribution is 2.10. The van der Waals surface area contributed by atoms with Crippen LogP contribution in [0.25, 0.3) is 0 Å².